The van der Waals surface area contributed by atoms with Crippen LogP contribution in [-0.2, 0) is 14.8 Å². The van der Waals surface area contributed by atoms with Crippen molar-refractivity contribution in [1.29, 1.82) is 0 Å². The average molecular weight is 354 g/mol. The number of benzene rings is 1. The van der Waals surface area contributed by atoms with Crippen LogP contribution in [0, 0.1) is 5.92 Å². The summed E-state index contributed by atoms with van der Waals surface area (Å²) in [4.78, 5) is 11.7. The topological polar surface area (TPSA) is 86.5 Å². The monoisotopic (exact) mass is 353 g/mol. The molecule has 0 heterocycles. The fourth-order valence-corrected chi connectivity index (χ4v) is 3.26. The van der Waals surface area contributed by atoms with Crippen LogP contribution in [0.4, 0.5) is 0 Å². The van der Waals surface area contributed by atoms with Crippen LogP contribution in [0.5, 0.6) is 0 Å². The first-order valence-electron chi connectivity index (χ1n) is 6.25. The summed E-state index contributed by atoms with van der Waals surface area (Å²) in [6.45, 7) is 5.75. The molecule has 0 aliphatic carbocycles. The lowest BCUT2D eigenvalue weighted by Gasteiger charge is -2.16. The minimum Gasteiger partial charge on any atom is -0.459 e. The molecule has 118 valence electrons. The van der Waals surface area contributed by atoms with Crippen LogP contribution in [0.1, 0.15) is 37.6 Å². The maximum absolute atomic E-state index is 12.1. The van der Waals surface area contributed by atoms with Crippen molar-refractivity contribution in [1.82, 2.24) is 0 Å². The van der Waals surface area contributed by atoms with E-state index in [1.165, 1.54) is 0 Å². The van der Waals surface area contributed by atoms with E-state index in [-0.39, 0.29) is 26.6 Å². The van der Waals surface area contributed by atoms with Crippen molar-refractivity contribution in [3.8, 4) is 0 Å². The summed E-state index contributed by atoms with van der Waals surface area (Å²) in [7, 11) is -4.05. The second-order valence-electron chi connectivity index (χ2n) is 5.15. The van der Waals surface area contributed by atoms with E-state index in [0.29, 0.717) is 12.3 Å². The van der Waals surface area contributed by atoms with Crippen molar-refractivity contribution in [2.45, 2.75) is 38.2 Å². The standard InChI is InChI=1S/C13H17Cl2NO4S/c1-7(2)4-8(3)20-13(17)9-5-12(21(16,18)19)11(15)6-10(9)14/h5-8H,4H2,1-3H3,(H2,16,18,19). The van der Waals surface area contributed by atoms with Crippen molar-refractivity contribution in [2.75, 3.05) is 0 Å². The van der Waals surface area contributed by atoms with Gasteiger partial charge in [0.2, 0.25) is 10.0 Å². The van der Waals surface area contributed by atoms with E-state index in [9.17, 15) is 13.2 Å². The lowest BCUT2D eigenvalue weighted by atomic mass is 10.1. The Morgan fingerprint density at radius 1 is 1.24 bits per heavy atom. The van der Waals surface area contributed by atoms with E-state index in [1.54, 1.807) is 6.92 Å². The Morgan fingerprint density at radius 2 is 1.81 bits per heavy atom. The molecule has 1 unspecified atom stereocenters. The molecule has 0 saturated heterocycles. The first-order valence-corrected chi connectivity index (χ1v) is 8.55. The second-order valence-corrected chi connectivity index (χ2v) is 7.50. The molecule has 2 N–H and O–H groups in total. The summed E-state index contributed by atoms with van der Waals surface area (Å²) in [6.07, 6.45) is 0.362. The third kappa shape index (κ3) is 5.14. The SMILES string of the molecule is CC(C)CC(C)OC(=O)c1cc(S(N)(=O)=O)c(Cl)cc1Cl. The fraction of sp³-hybridized carbons (Fsp3) is 0.462. The predicted octanol–water partition coefficient (Wildman–Crippen LogP) is 3.23. The lowest BCUT2D eigenvalue weighted by Crippen LogP contribution is -2.19. The third-order valence-corrected chi connectivity index (χ3v) is 4.35. The zero-order valence-electron chi connectivity index (χ0n) is 11.9. The molecule has 0 aliphatic rings. The van der Waals surface area contributed by atoms with Gasteiger partial charge in [0, 0.05) is 0 Å². The zero-order valence-corrected chi connectivity index (χ0v) is 14.2. The number of esters is 1. The number of primary sulfonamides is 1. The number of nitrogens with two attached hydrogens (primary N) is 1. The predicted molar refractivity (Wildman–Crippen MR) is 82.2 cm³/mol. The molecule has 5 nitrogen and oxygen atoms in total. The van der Waals surface area contributed by atoms with Gasteiger partial charge in [0.15, 0.2) is 0 Å². The molecule has 0 spiro atoms. The molecule has 1 aromatic carbocycles. The number of carbonyl (C=O) groups is 1. The highest BCUT2D eigenvalue weighted by Crippen LogP contribution is 2.29. The van der Waals surface area contributed by atoms with Crippen LogP contribution in [0.3, 0.4) is 0 Å². The van der Waals surface area contributed by atoms with Gasteiger partial charge in [-0.05, 0) is 31.4 Å². The maximum atomic E-state index is 12.1. The molecule has 0 saturated carbocycles. The van der Waals surface area contributed by atoms with E-state index < -0.39 is 16.0 Å². The van der Waals surface area contributed by atoms with Gasteiger partial charge in [-0.3, -0.25) is 0 Å². The molecular weight excluding hydrogens is 337 g/mol. The Kier molecular flexibility index (Phi) is 6.04. The number of ether oxygens (including phenoxy) is 1. The Balaban J connectivity index is 3.10. The maximum Gasteiger partial charge on any atom is 0.339 e. The van der Waals surface area contributed by atoms with E-state index in [1.807, 2.05) is 13.8 Å². The highest BCUT2D eigenvalue weighted by Gasteiger charge is 2.22. The van der Waals surface area contributed by atoms with Crippen LogP contribution in [0.25, 0.3) is 0 Å². The Labute approximate surface area is 134 Å². The van der Waals surface area contributed by atoms with Crippen LogP contribution in [0.2, 0.25) is 10.0 Å². The first-order chi connectivity index (χ1) is 9.52. The summed E-state index contributed by atoms with van der Waals surface area (Å²) < 4.78 is 28.0. The first kappa shape index (κ1) is 18.2. The minimum absolute atomic E-state index is 0.00847. The van der Waals surface area contributed by atoms with Gasteiger partial charge in [0.25, 0.3) is 0 Å². The molecule has 0 fully saturated rings. The number of rotatable bonds is 5. The van der Waals surface area contributed by atoms with Gasteiger partial charge in [-0.2, -0.15) is 0 Å². The molecule has 0 aliphatic heterocycles. The highest BCUT2D eigenvalue weighted by atomic mass is 35.5. The van der Waals surface area contributed by atoms with Gasteiger partial charge in [0.05, 0.1) is 21.7 Å². The summed E-state index contributed by atoms with van der Waals surface area (Å²) in [5, 5.41) is 4.90. The van der Waals surface area contributed by atoms with Gasteiger partial charge < -0.3 is 4.74 Å². The third-order valence-electron chi connectivity index (χ3n) is 2.66. The van der Waals surface area contributed by atoms with Crippen molar-refractivity contribution in [3.05, 3.63) is 27.7 Å². The molecule has 1 rings (SSSR count). The van der Waals surface area contributed by atoms with Crippen molar-refractivity contribution >= 4 is 39.2 Å². The van der Waals surface area contributed by atoms with E-state index in [2.05, 4.69) is 0 Å². The number of sulfonamides is 1. The van der Waals surface area contributed by atoms with Crippen LogP contribution < -0.4 is 5.14 Å². The quantitative estimate of drug-likeness (QED) is 0.823. The summed E-state index contributed by atoms with van der Waals surface area (Å²) in [6, 6.07) is 2.19. The molecule has 0 bridgehead atoms. The molecule has 1 aromatic rings. The zero-order chi connectivity index (χ0) is 16.4. The molecular formula is C13H17Cl2NO4S. The average Bonchev–Trinajstić information content (AvgIpc) is 2.24. The number of carbonyl (C=O) groups excluding carboxylic acids is 1. The summed E-state index contributed by atoms with van der Waals surface area (Å²) in [5.74, 6) is -0.358. The molecule has 1 atom stereocenters. The molecule has 0 radical (unpaired) electrons. The summed E-state index contributed by atoms with van der Waals surface area (Å²) in [5.41, 5.74) is -0.0827. The number of hydrogen-bond donors (Lipinski definition) is 1. The fourth-order valence-electron chi connectivity index (χ4n) is 1.86. The van der Waals surface area contributed by atoms with E-state index >= 15 is 0 Å². The molecule has 0 amide bonds. The molecule has 21 heavy (non-hydrogen) atoms. The van der Waals surface area contributed by atoms with Gasteiger partial charge in [-0.15, -0.1) is 0 Å². The Bertz CT molecular complexity index is 644. The van der Waals surface area contributed by atoms with Gasteiger partial charge in [0.1, 0.15) is 4.90 Å². The normalized spacial score (nSPS) is 13.3. The second kappa shape index (κ2) is 6.96. The number of halogens is 2. The molecule has 8 heteroatoms. The van der Waals surface area contributed by atoms with Crippen molar-refractivity contribution in [2.24, 2.45) is 11.1 Å². The summed E-state index contributed by atoms with van der Waals surface area (Å²) >= 11 is 11.7. The number of hydrogen-bond acceptors (Lipinski definition) is 4. The highest BCUT2D eigenvalue weighted by molar-refractivity contribution is 7.89. The largest absolute Gasteiger partial charge is 0.459 e. The van der Waals surface area contributed by atoms with Gasteiger partial charge in [-0.25, -0.2) is 18.4 Å². The molecule has 0 aromatic heterocycles. The minimum atomic E-state index is -4.05. The lowest BCUT2D eigenvalue weighted by molar-refractivity contribution is 0.0299. The Hall–Kier alpha value is -0.820. The van der Waals surface area contributed by atoms with Crippen molar-refractivity contribution in [3.63, 3.8) is 0 Å². The van der Waals surface area contributed by atoms with Crippen molar-refractivity contribution < 1.29 is 17.9 Å². The van der Waals surface area contributed by atoms with Crippen LogP contribution in [0.15, 0.2) is 17.0 Å². The van der Waals surface area contributed by atoms with Gasteiger partial charge in [-0.1, -0.05) is 37.0 Å². The van der Waals surface area contributed by atoms with E-state index in [0.717, 1.165) is 12.1 Å². The van der Waals surface area contributed by atoms with E-state index in [4.69, 9.17) is 33.1 Å². The van der Waals surface area contributed by atoms with Crippen LogP contribution in [-0.4, -0.2) is 20.5 Å². The van der Waals surface area contributed by atoms with Crippen LogP contribution >= 0.6 is 23.2 Å². The Morgan fingerprint density at radius 3 is 2.29 bits per heavy atom. The smallest absolute Gasteiger partial charge is 0.339 e. The van der Waals surface area contributed by atoms with Gasteiger partial charge >= 0.3 is 5.97 Å².